The van der Waals surface area contributed by atoms with E-state index in [1.807, 2.05) is 0 Å². The molecule has 0 aliphatic heterocycles. The van der Waals surface area contributed by atoms with E-state index in [9.17, 15) is 0 Å². The highest BCUT2D eigenvalue weighted by Crippen LogP contribution is 2.27. The second kappa shape index (κ2) is 5.37. The molecular weight excluding hydrogens is 208 g/mol. The molecule has 0 aromatic heterocycles. The number of rotatable bonds is 0. The van der Waals surface area contributed by atoms with Crippen LogP contribution in [-0.4, -0.2) is 0 Å². The molecule has 3 N–H and O–H groups in total. The molecule has 16 heavy (non-hydrogen) atoms. The molecule has 86 valence electrons. The summed E-state index contributed by atoms with van der Waals surface area (Å²) in [5.74, 6) is 0. The first-order chi connectivity index (χ1) is 6.45. The average Bonchev–Trinajstić information content (AvgIpc) is 2.19. The number of hydrogen-bond donors (Lipinski definition) is 1. The van der Waals surface area contributed by atoms with Gasteiger partial charge in [0.2, 0.25) is 0 Å². The van der Waals surface area contributed by atoms with Crippen molar-refractivity contribution in [3.63, 3.8) is 0 Å². The zero-order valence-corrected chi connectivity index (χ0v) is 8.85. The van der Waals surface area contributed by atoms with Gasteiger partial charge in [-0.1, -0.05) is 48.6 Å². The quantitative estimate of drug-likeness (QED) is 0.722. The Balaban J connectivity index is 0.000000750. The summed E-state index contributed by atoms with van der Waals surface area (Å²) >= 11 is 0. The minimum atomic E-state index is 0. The average molecular weight is 223 g/mol. The Morgan fingerprint density at radius 2 is 1.56 bits per heavy atom. The van der Waals surface area contributed by atoms with Crippen molar-refractivity contribution in [2.24, 2.45) is 0 Å². The monoisotopic (exact) mass is 223 g/mol. The lowest BCUT2D eigenvalue weighted by Crippen LogP contribution is -1.91. The molecule has 1 aliphatic carbocycles. The van der Waals surface area contributed by atoms with Crippen LogP contribution < -0.4 is 6.15 Å². The van der Waals surface area contributed by atoms with Crippen LogP contribution in [0, 0.1) is 0 Å². The molecule has 0 bridgehead atoms. The van der Waals surface area contributed by atoms with Gasteiger partial charge >= 0.3 is 0 Å². The maximum atomic E-state index is 2.23. The van der Waals surface area contributed by atoms with Crippen molar-refractivity contribution in [1.82, 2.24) is 6.15 Å². The summed E-state index contributed by atoms with van der Waals surface area (Å²) in [7, 11) is 0. The number of halogens is 2. The highest BCUT2D eigenvalue weighted by atomic mass is 19.0. The van der Waals surface area contributed by atoms with Crippen molar-refractivity contribution in [3.8, 4) is 0 Å². The van der Waals surface area contributed by atoms with Gasteiger partial charge in [0.15, 0.2) is 0 Å². The molecule has 0 amide bonds. The first kappa shape index (κ1) is 14.3. The summed E-state index contributed by atoms with van der Waals surface area (Å²) in [6.45, 7) is 0. The third kappa shape index (κ3) is 1.95. The summed E-state index contributed by atoms with van der Waals surface area (Å²) in [4.78, 5) is 0. The molecule has 3 heteroatoms. The Morgan fingerprint density at radius 3 is 2.31 bits per heavy atom. The fraction of sp³-hybridized carbons (Fsp3) is 0.0769. The topological polar surface area (TPSA) is 35.0 Å². The fourth-order valence-corrected chi connectivity index (χ4v) is 2.07. The van der Waals surface area contributed by atoms with Crippen LogP contribution in [0.3, 0.4) is 0 Å². The van der Waals surface area contributed by atoms with E-state index in [1.165, 1.54) is 21.9 Å². The Morgan fingerprint density at radius 1 is 0.875 bits per heavy atom. The van der Waals surface area contributed by atoms with Crippen molar-refractivity contribution >= 4 is 16.8 Å². The van der Waals surface area contributed by atoms with Gasteiger partial charge in [-0.3, -0.25) is 9.41 Å². The maximum Gasteiger partial charge on any atom is -0.00763 e. The first-order valence-electron chi connectivity index (χ1n) is 4.62. The minimum Gasteiger partial charge on any atom is -0.344 e. The lowest BCUT2D eigenvalue weighted by molar-refractivity contribution is 1.11. The van der Waals surface area contributed by atoms with Gasteiger partial charge in [-0.2, -0.15) is 0 Å². The third-order valence-electron chi connectivity index (χ3n) is 2.66. The molecule has 1 aliphatic rings. The first-order valence-corrected chi connectivity index (χ1v) is 4.62. The summed E-state index contributed by atoms with van der Waals surface area (Å²) in [5, 5.41) is 2.80. The van der Waals surface area contributed by atoms with Crippen molar-refractivity contribution in [3.05, 3.63) is 53.6 Å². The van der Waals surface area contributed by atoms with E-state index < -0.39 is 0 Å². The van der Waals surface area contributed by atoms with Crippen LogP contribution in [0.4, 0.5) is 9.41 Å². The molecular formula is C13H15F2N. The van der Waals surface area contributed by atoms with E-state index in [2.05, 4.69) is 48.6 Å². The molecule has 0 heterocycles. The van der Waals surface area contributed by atoms with Crippen LogP contribution in [0.15, 0.2) is 42.5 Å². The second-order valence-corrected chi connectivity index (χ2v) is 3.47. The summed E-state index contributed by atoms with van der Waals surface area (Å²) in [5.41, 5.74) is 2.81. The van der Waals surface area contributed by atoms with Crippen molar-refractivity contribution in [2.45, 2.75) is 6.42 Å². The molecule has 2 aromatic carbocycles. The summed E-state index contributed by atoms with van der Waals surface area (Å²) < 4.78 is 0. The highest BCUT2D eigenvalue weighted by Gasteiger charge is 2.06. The van der Waals surface area contributed by atoms with Gasteiger partial charge in [0.1, 0.15) is 0 Å². The molecule has 0 unspecified atom stereocenters. The Hall–Kier alpha value is -1.74. The van der Waals surface area contributed by atoms with Gasteiger partial charge < -0.3 is 6.15 Å². The van der Waals surface area contributed by atoms with Crippen LogP contribution >= 0.6 is 0 Å². The Kier molecular flexibility index (Phi) is 4.79. The Labute approximate surface area is 93.1 Å². The van der Waals surface area contributed by atoms with E-state index in [0.29, 0.717) is 0 Å². The zero-order valence-electron chi connectivity index (χ0n) is 8.85. The normalized spacial score (nSPS) is 11.0. The summed E-state index contributed by atoms with van der Waals surface area (Å²) in [6.07, 6.45) is 5.53. The van der Waals surface area contributed by atoms with Crippen LogP contribution in [0.5, 0.6) is 0 Å². The predicted octanol–water partition coefficient (Wildman–Crippen LogP) is 3.88. The SMILES string of the molecule is C1=Cc2cccc3cccc(c23)C1.F.F.N. The van der Waals surface area contributed by atoms with E-state index in [1.54, 1.807) is 0 Å². The van der Waals surface area contributed by atoms with E-state index in [-0.39, 0.29) is 15.6 Å². The van der Waals surface area contributed by atoms with Gasteiger partial charge in [-0.05, 0) is 28.3 Å². The van der Waals surface area contributed by atoms with E-state index >= 15 is 0 Å². The molecule has 3 rings (SSSR count). The maximum absolute atomic E-state index is 2.23. The highest BCUT2D eigenvalue weighted by molar-refractivity contribution is 5.94. The standard InChI is InChI=1S/C13H10.2FH.H3N/c1-4-10-6-2-8-12-9-3-7-11(5-1)13(10)12;;;/h1-8H,9H2;2*1H;1H3. The van der Waals surface area contributed by atoms with Gasteiger partial charge in [-0.25, -0.2) is 0 Å². The molecule has 1 nitrogen and oxygen atoms in total. The molecule has 2 aromatic rings. The molecule has 0 atom stereocenters. The lowest BCUT2D eigenvalue weighted by Gasteiger charge is -2.11. The fourth-order valence-electron chi connectivity index (χ4n) is 2.07. The smallest absolute Gasteiger partial charge is 0.00763 e. The number of allylic oxidation sites excluding steroid dienone is 1. The van der Waals surface area contributed by atoms with Crippen LogP contribution in [-0.2, 0) is 6.42 Å². The largest absolute Gasteiger partial charge is 0.344 e. The van der Waals surface area contributed by atoms with Gasteiger partial charge in [-0.15, -0.1) is 0 Å². The Bertz CT molecular complexity index is 501. The van der Waals surface area contributed by atoms with Crippen LogP contribution in [0.2, 0.25) is 0 Å². The number of hydrogen-bond acceptors (Lipinski definition) is 1. The van der Waals surface area contributed by atoms with E-state index in [4.69, 9.17) is 0 Å². The van der Waals surface area contributed by atoms with Crippen molar-refractivity contribution in [2.75, 3.05) is 0 Å². The van der Waals surface area contributed by atoms with Gasteiger partial charge in [0.05, 0.1) is 0 Å². The third-order valence-corrected chi connectivity index (χ3v) is 2.66. The molecule has 0 spiro atoms. The van der Waals surface area contributed by atoms with Gasteiger partial charge in [0.25, 0.3) is 0 Å². The predicted molar refractivity (Wildman–Crippen MR) is 66.7 cm³/mol. The van der Waals surface area contributed by atoms with Crippen LogP contribution in [0.25, 0.3) is 16.8 Å². The molecule has 0 saturated carbocycles. The molecule has 0 saturated heterocycles. The van der Waals surface area contributed by atoms with Crippen molar-refractivity contribution < 1.29 is 9.41 Å². The van der Waals surface area contributed by atoms with Gasteiger partial charge in [0, 0.05) is 0 Å². The van der Waals surface area contributed by atoms with E-state index in [0.717, 1.165) is 6.42 Å². The summed E-state index contributed by atoms with van der Waals surface area (Å²) in [6, 6.07) is 13.0. The lowest BCUT2D eigenvalue weighted by atomic mass is 9.93. The zero-order chi connectivity index (χ0) is 8.67. The molecule has 0 fully saturated rings. The minimum absolute atomic E-state index is 0. The van der Waals surface area contributed by atoms with Crippen LogP contribution in [0.1, 0.15) is 11.1 Å². The van der Waals surface area contributed by atoms with Crippen molar-refractivity contribution in [1.29, 1.82) is 0 Å². The number of benzene rings is 2. The second-order valence-electron chi connectivity index (χ2n) is 3.47. The molecule has 0 radical (unpaired) electrons.